The Bertz CT molecular complexity index is 1200. The van der Waals surface area contributed by atoms with Crippen LogP contribution in [-0.4, -0.2) is 13.1 Å². The van der Waals surface area contributed by atoms with Crippen LogP contribution >= 0.6 is 0 Å². The molecule has 0 saturated heterocycles. The number of hydrogen-bond donors (Lipinski definition) is 0. The van der Waals surface area contributed by atoms with Gasteiger partial charge in [-0.3, -0.25) is 4.98 Å². The number of aromatic nitrogens is 1. The second-order valence-corrected chi connectivity index (χ2v) is 13.5. The number of rotatable bonds is 4. The molecule has 2 aromatic carbocycles. The number of para-hydroxylation sites is 2. The first-order valence-corrected chi connectivity index (χ1v) is 13.0. The Morgan fingerprint density at radius 3 is 2.52 bits per heavy atom. The molecule has 0 saturated carbocycles. The van der Waals surface area contributed by atoms with Crippen molar-refractivity contribution in [2.45, 2.75) is 39.9 Å². The molecule has 2 nitrogen and oxygen atoms in total. The standard InChI is InChI=1S/C24H27NOSi/c1-16(2)13-17-14-21(25-15-23(17)27(3,4)5)20-11-8-10-19-18-9-6-7-12-22(18)26-24(19)20/h6-12,14-16H,13H2,1-5H3/i13D2. The summed E-state index contributed by atoms with van der Waals surface area (Å²) in [4.78, 5) is 4.78. The van der Waals surface area contributed by atoms with Gasteiger partial charge in [0.25, 0.3) is 0 Å². The Labute approximate surface area is 165 Å². The molecule has 0 fully saturated rings. The first kappa shape index (κ1) is 15.6. The summed E-state index contributed by atoms with van der Waals surface area (Å²) in [6.45, 7) is 10.6. The average molecular weight is 376 g/mol. The summed E-state index contributed by atoms with van der Waals surface area (Å²) in [6, 6.07) is 16.1. The van der Waals surface area contributed by atoms with Crippen LogP contribution < -0.4 is 5.19 Å². The second-order valence-electron chi connectivity index (χ2n) is 8.44. The van der Waals surface area contributed by atoms with Crippen LogP contribution in [0.2, 0.25) is 19.6 Å². The van der Waals surface area contributed by atoms with E-state index in [0.717, 1.165) is 43.9 Å². The maximum absolute atomic E-state index is 8.79. The van der Waals surface area contributed by atoms with Crippen molar-refractivity contribution < 1.29 is 7.16 Å². The highest BCUT2D eigenvalue weighted by molar-refractivity contribution is 6.89. The van der Waals surface area contributed by atoms with Gasteiger partial charge in [0.2, 0.25) is 0 Å². The zero-order valence-corrected chi connectivity index (χ0v) is 17.6. The van der Waals surface area contributed by atoms with E-state index in [-0.39, 0.29) is 5.92 Å². The SMILES string of the molecule is [2H]C([2H])(c1cc(-c2cccc3c2oc2ccccc23)ncc1[Si](C)(C)C)C(C)C. The van der Waals surface area contributed by atoms with Crippen LogP contribution in [-0.2, 0) is 6.37 Å². The van der Waals surface area contributed by atoms with Gasteiger partial charge in [0.1, 0.15) is 11.2 Å². The molecule has 0 amide bonds. The van der Waals surface area contributed by atoms with E-state index in [9.17, 15) is 0 Å². The summed E-state index contributed by atoms with van der Waals surface area (Å²) in [5, 5.41) is 3.22. The number of benzene rings is 2. The number of furan rings is 1. The number of nitrogens with zero attached hydrogens (tertiary/aromatic N) is 1. The largest absolute Gasteiger partial charge is 0.455 e. The van der Waals surface area contributed by atoms with Gasteiger partial charge in [-0.15, -0.1) is 0 Å². The van der Waals surface area contributed by atoms with Crippen LogP contribution in [0.15, 0.2) is 59.1 Å². The molecule has 0 spiro atoms. The molecule has 4 rings (SSSR count). The van der Waals surface area contributed by atoms with E-state index in [0.29, 0.717) is 0 Å². The zero-order chi connectivity index (χ0) is 21.0. The lowest BCUT2D eigenvalue weighted by molar-refractivity contribution is 0.648. The highest BCUT2D eigenvalue weighted by Crippen LogP contribution is 2.35. The van der Waals surface area contributed by atoms with Gasteiger partial charge >= 0.3 is 0 Å². The molecule has 0 aliphatic rings. The molecule has 0 radical (unpaired) electrons. The second kappa shape index (κ2) is 6.65. The Morgan fingerprint density at radius 1 is 1.04 bits per heavy atom. The van der Waals surface area contributed by atoms with Gasteiger partial charge in [-0.2, -0.15) is 0 Å². The number of fused-ring (bicyclic) bond motifs is 3. The van der Waals surface area contributed by atoms with Gasteiger partial charge in [0.05, 0.1) is 13.8 Å². The molecule has 0 atom stereocenters. The topological polar surface area (TPSA) is 26.0 Å². The molecule has 0 aliphatic heterocycles. The molecule has 2 aromatic heterocycles. The van der Waals surface area contributed by atoms with E-state index >= 15 is 0 Å². The van der Waals surface area contributed by atoms with Crippen molar-refractivity contribution in [1.29, 1.82) is 0 Å². The summed E-state index contributed by atoms with van der Waals surface area (Å²) in [5.41, 5.74) is 4.09. The minimum atomic E-state index is -1.76. The summed E-state index contributed by atoms with van der Waals surface area (Å²) in [5.74, 6) is -0.130. The molecule has 0 aliphatic carbocycles. The summed E-state index contributed by atoms with van der Waals surface area (Å²) >= 11 is 0. The molecule has 0 N–H and O–H groups in total. The van der Waals surface area contributed by atoms with Crippen molar-refractivity contribution in [2.75, 3.05) is 0 Å². The van der Waals surface area contributed by atoms with Gasteiger partial charge < -0.3 is 4.42 Å². The quantitative estimate of drug-likeness (QED) is 0.386. The number of pyridine rings is 1. The van der Waals surface area contributed by atoms with Crippen LogP contribution in [0.4, 0.5) is 0 Å². The molecule has 138 valence electrons. The molecular weight excluding hydrogens is 346 g/mol. The van der Waals surface area contributed by atoms with Crippen LogP contribution in [0.5, 0.6) is 0 Å². The van der Waals surface area contributed by atoms with Crippen molar-refractivity contribution in [1.82, 2.24) is 4.98 Å². The van der Waals surface area contributed by atoms with Gasteiger partial charge in [0, 0.05) is 25.3 Å². The van der Waals surface area contributed by atoms with E-state index in [2.05, 4.69) is 31.8 Å². The van der Waals surface area contributed by atoms with E-state index < -0.39 is 14.4 Å². The third-order valence-corrected chi connectivity index (χ3v) is 6.85. The van der Waals surface area contributed by atoms with Gasteiger partial charge in [-0.1, -0.05) is 63.8 Å². The van der Waals surface area contributed by atoms with Crippen molar-refractivity contribution in [2.24, 2.45) is 5.92 Å². The smallest absolute Gasteiger partial charge is 0.144 e. The third-order valence-electron chi connectivity index (χ3n) is 4.84. The fraction of sp³-hybridized carbons (Fsp3) is 0.292. The van der Waals surface area contributed by atoms with Crippen molar-refractivity contribution in [3.8, 4) is 11.3 Å². The van der Waals surface area contributed by atoms with E-state index in [1.165, 1.54) is 0 Å². The molecule has 2 heterocycles. The highest BCUT2D eigenvalue weighted by Gasteiger charge is 2.22. The van der Waals surface area contributed by atoms with Crippen LogP contribution in [0.1, 0.15) is 22.2 Å². The Hall–Kier alpha value is -2.39. The first-order valence-electron chi connectivity index (χ1n) is 10.5. The monoisotopic (exact) mass is 375 g/mol. The lowest BCUT2D eigenvalue weighted by Crippen LogP contribution is -2.40. The Kier molecular flexibility index (Phi) is 3.85. The third kappa shape index (κ3) is 3.32. The first-order chi connectivity index (χ1) is 13.6. The molecule has 0 unspecified atom stereocenters. The van der Waals surface area contributed by atoms with E-state index in [1.54, 1.807) is 0 Å². The van der Waals surface area contributed by atoms with Gasteiger partial charge in [0.15, 0.2) is 0 Å². The predicted molar refractivity (Wildman–Crippen MR) is 118 cm³/mol. The maximum Gasteiger partial charge on any atom is 0.144 e. The van der Waals surface area contributed by atoms with Crippen molar-refractivity contribution >= 4 is 35.2 Å². The van der Waals surface area contributed by atoms with E-state index in [4.69, 9.17) is 12.1 Å². The lowest BCUT2D eigenvalue weighted by atomic mass is 10.0. The van der Waals surface area contributed by atoms with Crippen molar-refractivity contribution in [3.05, 3.63) is 60.3 Å². The van der Waals surface area contributed by atoms with Crippen LogP contribution in [0.3, 0.4) is 0 Å². The van der Waals surface area contributed by atoms with Crippen LogP contribution in [0.25, 0.3) is 33.2 Å². The summed E-state index contributed by atoms with van der Waals surface area (Å²) in [7, 11) is -1.76. The molecule has 0 bridgehead atoms. The molecular formula is C24H27NOSi. The number of hydrogen-bond acceptors (Lipinski definition) is 2. The zero-order valence-electron chi connectivity index (χ0n) is 18.6. The van der Waals surface area contributed by atoms with Gasteiger partial charge in [-0.25, -0.2) is 0 Å². The Balaban J connectivity index is 1.99. The van der Waals surface area contributed by atoms with Crippen LogP contribution in [0, 0.1) is 5.92 Å². The summed E-state index contributed by atoms with van der Waals surface area (Å²) < 4.78 is 23.8. The van der Waals surface area contributed by atoms with E-state index in [1.807, 2.05) is 56.4 Å². The lowest BCUT2D eigenvalue weighted by Gasteiger charge is -2.22. The fourth-order valence-electron chi connectivity index (χ4n) is 3.58. The van der Waals surface area contributed by atoms with Gasteiger partial charge in [-0.05, 0) is 41.2 Å². The molecule has 4 aromatic rings. The molecule has 27 heavy (non-hydrogen) atoms. The minimum Gasteiger partial charge on any atom is -0.455 e. The Morgan fingerprint density at radius 2 is 1.78 bits per heavy atom. The summed E-state index contributed by atoms with van der Waals surface area (Å²) in [6.07, 6.45) is 0.480. The highest BCUT2D eigenvalue weighted by atomic mass is 28.3. The predicted octanol–water partition coefficient (Wildman–Crippen LogP) is 6.39. The minimum absolute atomic E-state index is 0.130. The average Bonchev–Trinajstić information content (AvgIpc) is 3.05. The van der Waals surface area contributed by atoms with Crippen molar-refractivity contribution in [3.63, 3.8) is 0 Å². The fourth-order valence-corrected chi connectivity index (χ4v) is 4.98. The molecule has 3 heteroatoms. The maximum atomic E-state index is 8.79. The normalized spacial score (nSPS) is 14.0.